The first-order valence-electron chi connectivity index (χ1n) is 5.13. The summed E-state index contributed by atoms with van der Waals surface area (Å²) in [7, 11) is 0. The molecule has 0 radical (unpaired) electrons. The number of amides is 1. The van der Waals surface area contributed by atoms with Crippen LogP contribution in [0.3, 0.4) is 0 Å². The first kappa shape index (κ1) is 12.0. The normalized spacial score (nSPS) is 10.3. The number of nitrogens with zero attached hydrogens (tertiary/aromatic N) is 3. The zero-order valence-electron chi connectivity index (χ0n) is 9.11. The molecule has 0 atom stereocenters. The molecule has 0 aliphatic heterocycles. The highest BCUT2D eigenvalue weighted by Crippen LogP contribution is 2.05. The minimum absolute atomic E-state index is 0.159. The van der Waals surface area contributed by atoms with Crippen molar-refractivity contribution in [3.8, 4) is 0 Å². The van der Waals surface area contributed by atoms with Crippen molar-refractivity contribution in [2.45, 2.75) is 26.8 Å². The second-order valence-electron chi connectivity index (χ2n) is 3.24. The Morgan fingerprint density at radius 1 is 1.53 bits per heavy atom. The monoisotopic (exact) mass is 229 g/mol. The molecule has 0 aliphatic rings. The van der Waals surface area contributed by atoms with E-state index in [9.17, 15) is 4.79 Å². The second-order valence-corrected chi connectivity index (χ2v) is 3.67. The van der Waals surface area contributed by atoms with Gasteiger partial charge in [-0.2, -0.15) is 5.10 Å². The summed E-state index contributed by atoms with van der Waals surface area (Å²) in [4.78, 5) is 13.4. The number of carbonyl (C=O) groups excluding carboxylic acids is 1. The van der Waals surface area contributed by atoms with Gasteiger partial charge in [0.05, 0.1) is 11.2 Å². The zero-order valence-corrected chi connectivity index (χ0v) is 9.87. The molecule has 1 aromatic heterocycles. The van der Waals surface area contributed by atoms with Crippen LogP contribution in [0.1, 0.15) is 20.3 Å². The Morgan fingerprint density at radius 3 is 2.67 bits per heavy atom. The van der Waals surface area contributed by atoms with E-state index in [2.05, 4.69) is 5.10 Å². The van der Waals surface area contributed by atoms with Crippen LogP contribution in [0, 0.1) is 0 Å². The van der Waals surface area contributed by atoms with Gasteiger partial charge in [-0.15, -0.1) is 0 Å². The SMILES string of the molecule is CCN(CC)C(=O)CCn1cc(Cl)cn1. The fraction of sp³-hybridized carbons (Fsp3) is 0.600. The van der Waals surface area contributed by atoms with Crippen molar-refractivity contribution in [2.75, 3.05) is 13.1 Å². The van der Waals surface area contributed by atoms with Gasteiger partial charge in [-0.25, -0.2) is 0 Å². The van der Waals surface area contributed by atoms with Crippen molar-refractivity contribution in [1.82, 2.24) is 14.7 Å². The molecule has 1 amide bonds. The summed E-state index contributed by atoms with van der Waals surface area (Å²) in [6.45, 7) is 6.06. The van der Waals surface area contributed by atoms with Crippen LogP contribution in [0.2, 0.25) is 5.02 Å². The molecule has 1 rings (SSSR count). The average Bonchev–Trinajstić information content (AvgIpc) is 2.63. The molecule has 0 aromatic carbocycles. The van der Waals surface area contributed by atoms with E-state index in [0.29, 0.717) is 18.0 Å². The largest absolute Gasteiger partial charge is 0.343 e. The van der Waals surface area contributed by atoms with Gasteiger partial charge in [0.1, 0.15) is 0 Å². The molecule has 4 nitrogen and oxygen atoms in total. The Kier molecular flexibility index (Phi) is 4.62. The second kappa shape index (κ2) is 5.75. The first-order valence-corrected chi connectivity index (χ1v) is 5.50. The molecule has 0 unspecified atom stereocenters. The number of halogens is 1. The summed E-state index contributed by atoms with van der Waals surface area (Å²) < 4.78 is 1.68. The molecule has 0 aliphatic carbocycles. The van der Waals surface area contributed by atoms with E-state index in [4.69, 9.17) is 11.6 Å². The average molecular weight is 230 g/mol. The molecule has 5 heteroatoms. The van der Waals surface area contributed by atoms with E-state index in [1.807, 2.05) is 18.7 Å². The molecule has 15 heavy (non-hydrogen) atoms. The van der Waals surface area contributed by atoms with Crippen molar-refractivity contribution >= 4 is 17.5 Å². The van der Waals surface area contributed by atoms with Gasteiger partial charge in [0.2, 0.25) is 5.91 Å². The Labute approximate surface area is 94.8 Å². The summed E-state index contributed by atoms with van der Waals surface area (Å²) in [6.07, 6.45) is 3.76. The summed E-state index contributed by atoms with van der Waals surface area (Å²) in [5.41, 5.74) is 0. The van der Waals surface area contributed by atoms with E-state index in [-0.39, 0.29) is 5.91 Å². The van der Waals surface area contributed by atoms with Gasteiger partial charge in [-0.3, -0.25) is 9.48 Å². The molecule has 0 spiro atoms. The Hall–Kier alpha value is -1.03. The lowest BCUT2D eigenvalue weighted by atomic mass is 10.3. The van der Waals surface area contributed by atoms with Crippen molar-refractivity contribution in [2.24, 2.45) is 0 Å². The zero-order chi connectivity index (χ0) is 11.3. The van der Waals surface area contributed by atoms with Crippen LogP contribution < -0.4 is 0 Å². The van der Waals surface area contributed by atoms with Crippen LogP contribution in [0.4, 0.5) is 0 Å². The number of aryl methyl sites for hydroxylation is 1. The molecular weight excluding hydrogens is 214 g/mol. The number of aromatic nitrogens is 2. The highest BCUT2D eigenvalue weighted by Gasteiger charge is 2.09. The molecule has 84 valence electrons. The van der Waals surface area contributed by atoms with E-state index in [1.54, 1.807) is 17.1 Å². The van der Waals surface area contributed by atoms with Crippen LogP contribution in [-0.2, 0) is 11.3 Å². The molecule has 0 bridgehead atoms. The van der Waals surface area contributed by atoms with Crippen LogP contribution in [0.25, 0.3) is 0 Å². The summed E-state index contributed by atoms with van der Waals surface area (Å²) >= 11 is 5.71. The predicted molar refractivity (Wildman–Crippen MR) is 59.8 cm³/mol. The lowest BCUT2D eigenvalue weighted by Gasteiger charge is -2.18. The van der Waals surface area contributed by atoms with E-state index < -0.39 is 0 Å². The van der Waals surface area contributed by atoms with Gasteiger partial charge in [-0.1, -0.05) is 11.6 Å². The number of rotatable bonds is 5. The minimum Gasteiger partial charge on any atom is -0.343 e. The smallest absolute Gasteiger partial charge is 0.224 e. The standard InChI is InChI=1S/C10H16ClN3O/c1-3-13(4-2)10(15)5-6-14-8-9(11)7-12-14/h7-8H,3-6H2,1-2H3. The van der Waals surface area contributed by atoms with Crippen LogP contribution in [0.15, 0.2) is 12.4 Å². The number of carbonyl (C=O) groups is 1. The molecule has 0 saturated heterocycles. The highest BCUT2D eigenvalue weighted by molar-refractivity contribution is 6.30. The Bertz CT molecular complexity index is 320. The first-order chi connectivity index (χ1) is 7.17. The maximum absolute atomic E-state index is 11.6. The summed E-state index contributed by atoms with van der Waals surface area (Å²) in [6, 6.07) is 0. The van der Waals surface area contributed by atoms with Gasteiger partial charge in [0, 0.05) is 32.3 Å². The van der Waals surface area contributed by atoms with Crippen molar-refractivity contribution in [3.63, 3.8) is 0 Å². The van der Waals surface area contributed by atoms with Gasteiger partial charge in [0.15, 0.2) is 0 Å². The Morgan fingerprint density at radius 2 is 2.20 bits per heavy atom. The van der Waals surface area contributed by atoms with Crippen LogP contribution >= 0.6 is 11.6 Å². The van der Waals surface area contributed by atoms with Gasteiger partial charge >= 0.3 is 0 Å². The van der Waals surface area contributed by atoms with Crippen molar-refractivity contribution in [1.29, 1.82) is 0 Å². The number of hydrogen-bond acceptors (Lipinski definition) is 2. The lowest BCUT2D eigenvalue weighted by molar-refractivity contribution is -0.131. The third kappa shape index (κ3) is 3.55. The predicted octanol–water partition coefficient (Wildman–Crippen LogP) is 1.79. The third-order valence-electron chi connectivity index (χ3n) is 2.27. The van der Waals surface area contributed by atoms with Gasteiger partial charge < -0.3 is 4.90 Å². The van der Waals surface area contributed by atoms with Crippen molar-refractivity contribution < 1.29 is 4.79 Å². The summed E-state index contributed by atoms with van der Waals surface area (Å²) in [5, 5.41) is 4.61. The fourth-order valence-corrected chi connectivity index (χ4v) is 1.56. The maximum Gasteiger partial charge on any atom is 0.224 e. The van der Waals surface area contributed by atoms with E-state index in [0.717, 1.165) is 13.1 Å². The fourth-order valence-electron chi connectivity index (χ4n) is 1.41. The van der Waals surface area contributed by atoms with E-state index >= 15 is 0 Å². The lowest BCUT2D eigenvalue weighted by Crippen LogP contribution is -2.31. The molecule has 0 fully saturated rings. The molecular formula is C10H16ClN3O. The molecule has 0 saturated carbocycles. The topological polar surface area (TPSA) is 38.1 Å². The quantitative estimate of drug-likeness (QED) is 0.772. The van der Waals surface area contributed by atoms with Crippen LogP contribution in [-0.4, -0.2) is 33.7 Å². The van der Waals surface area contributed by atoms with Gasteiger partial charge in [0.25, 0.3) is 0 Å². The molecule has 1 heterocycles. The maximum atomic E-state index is 11.6. The minimum atomic E-state index is 0.159. The van der Waals surface area contributed by atoms with Crippen molar-refractivity contribution in [3.05, 3.63) is 17.4 Å². The highest BCUT2D eigenvalue weighted by atomic mass is 35.5. The molecule has 1 aromatic rings. The van der Waals surface area contributed by atoms with Gasteiger partial charge in [-0.05, 0) is 13.8 Å². The summed E-state index contributed by atoms with van der Waals surface area (Å²) in [5.74, 6) is 0.159. The number of hydrogen-bond donors (Lipinski definition) is 0. The van der Waals surface area contributed by atoms with E-state index in [1.165, 1.54) is 0 Å². The third-order valence-corrected chi connectivity index (χ3v) is 2.47. The van der Waals surface area contributed by atoms with Crippen LogP contribution in [0.5, 0.6) is 0 Å². The molecule has 0 N–H and O–H groups in total. The Balaban J connectivity index is 2.40.